The number of fused-ring (bicyclic) bond motifs is 6. The van der Waals surface area contributed by atoms with Crippen LogP contribution in [0, 0.1) is 0 Å². The number of hydrogen-bond acceptors (Lipinski definition) is 4. The standard InChI is InChI=1S/C57H36N4/c1-3-17-45(18-4-1)57(46-19-5-2-6-20-46)51-23-10-9-21-47(51)48-31-30-44(35-52(48)57)55-59-54(43-29-24-37-13-7-8-14-40(37)33-43)60-56(61-55)49-22-11-15-38-25-27-41(34-50(38)49)42-28-26-39-16-12-32-58-53(39)36-42/h1-36H. The lowest BCUT2D eigenvalue weighted by atomic mass is 9.67. The van der Waals surface area contributed by atoms with Crippen molar-refractivity contribution in [3.05, 3.63) is 241 Å². The summed E-state index contributed by atoms with van der Waals surface area (Å²) in [5.74, 6) is 1.87. The van der Waals surface area contributed by atoms with Crippen molar-refractivity contribution in [2.24, 2.45) is 0 Å². The minimum absolute atomic E-state index is 0.550. The van der Waals surface area contributed by atoms with Crippen LogP contribution in [0.1, 0.15) is 22.3 Å². The fraction of sp³-hybridized carbons (Fsp3) is 0.0175. The number of hydrogen-bond donors (Lipinski definition) is 0. The molecule has 0 atom stereocenters. The number of nitrogens with zero attached hydrogens (tertiary/aromatic N) is 4. The molecular weight excluding hydrogens is 741 g/mol. The zero-order valence-corrected chi connectivity index (χ0v) is 33.1. The molecular formula is C57H36N4. The minimum Gasteiger partial charge on any atom is -0.256 e. The van der Waals surface area contributed by atoms with Gasteiger partial charge in [-0.05, 0) is 96.4 Å². The van der Waals surface area contributed by atoms with E-state index in [9.17, 15) is 0 Å². The molecule has 12 rings (SSSR count). The second kappa shape index (κ2) is 14.0. The van der Waals surface area contributed by atoms with Crippen molar-refractivity contribution in [3.63, 3.8) is 0 Å². The van der Waals surface area contributed by atoms with Crippen LogP contribution in [0.4, 0.5) is 0 Å². The topological polar surface area (TPSA) is 51.6 Å². The van der Waals surface area contributed by atoms with Crippen LogP contribution < -0.4 is 0 Å². The highest BCUT2D eigenvalue weighted by atomic mass is 15.0. The monoisotopic (exact) mass is 776 g/mol. The Hall–Kier alpha value is -8.08. The molecule has 1 aliphatic rings. The lowest BCUT2D eigenvalue weighted by Gasteiger charge is -2.34. The van der Waals surface area contributed by atoms with Crippen LogP contribution in [-0.4, -0.2) is 19.9 Å². The van der Waals surface area contributed by atoms with Crippen LogP contribution in [0.15, 0.2) is 219 Å². The van der Waals surface area contributed by atoms with Crippen LogP contribution in [0.25, 0.3) is 88.9 Å². The quantitative estimate of drug-likeness (QED) is 0.169. The molecule has 4 nitrogen and oxygen atoms in total. The Morgan fingerprint density at radius 3 is 1.67 bits per heavy atom. The van der Waals surface area contributed by atoms with E-state index in [4.69, 9.17) is 15.0 Å². The van der Waals surface area contributed by atoms with Crippen molar-refractivity contribution < 1.29 is 0 Å². The Morgan fingerprint density at radius 2 is 0.869 bits per heavy atom. The number of benzene rings is 9. The van der Waals surface area contributed by atoms with Gasteiger partial charge in [-0.3, -0.25) is 4.98 Å². The van der Waals surface area contributed by atoms with Crippen molar-refractivity contribution in [3.8, 4) is 56.4 Å². The maximum Gasteiger partial charge on any atom is 0.164 e. The molecule has 0 radical (unpaired) electrons. The fourth-order valence-corrected chi connectivity index (χ4v) is 9.56. The Bertz CT molecular complexity index is 3450. The molecule has 9 aromatic carbocycles. The van der Waals surface area contributed by atoms with Gasteiger partial charge < -0.3 is 0 Å². The lowest BCUT2D eigenvalue weighted by molar-refractivity contribution is 0.768. The van der Waals surface area contributed by atoms with Crippen molar-refractivity contribution in [1.29, 1.82) is 0 Å². The van der Waals surface area contributed by atoms with Crippen LogP contribution in [0.5, 0.6) is 0 Å². The van der Waals surface area contributed by atoms with E-state index in [0.717, 1.165) is 54.9 Å². The van der Waals surface area contributed by atoms with Crippen LogP contribution >= 0.6 is 0 Å². The summed E-state index contributed by atoms with van der Waals surface area (Å²) < 4.78 is 0. The van der Waals surface area contributed by atoms with Gasteiger partial charge in [0.25, 0.3) is 0 Å². The fourth-order valence-electron chi connectivity index (χ4n) is 9.56. The van der Waals surface area contributed by atoms with Gasteiger partial charge in [0.15, 0.2) is 17.5 Å². The van der Waals surface area contributed by atoms with E-state index in [1.165, 1.54) is 38.8 Å². The molecule has 0 saturated carbocycles. The predicted octanol–water partition coefficient (Wildman–Crippen LogP) is 13.8. The van der Waals surface area contributed by atoms with E-state index < -0.39 is 5.41 Å². The smallest absolute Gasteiger partial charge is 0.164 e. The molecule has 0 aliphatic heterocycles. The molecule has 61 heavy (non-hydrogen) atoms. The Kier molecular flexibility index (Phi) is 8.04. The second-order valence-electron chi connectivity index (χ2n) is 15.8. The first-order valence-corrected chi connectivity index (χ1v) is 20.7. The van der Waals surface area contributed by atoms with Gasteiger partial charge in [-0.25, -0.2) is 15.0 Å². The maximum atomic E-state index is 5.39. The summed E-state index contributed by atoms with van der Waals surface area (Å²) in [5.41, 5.74) is 12.8. The summed E-state index contributed by atoms with van der Waals surface area (Å²) >= 11 is 0. The number of pyridine rings is 1. The first kappa shape index (κ1) is 34.9. The number of rotatable bonds is 6. The Balaban J connectivity index is 1.09. The third kappa shape index (κ3) is 5.68. The van der Waals surface area contributed by atoms with Crippen LogP contribution in [-0.2, 0) is 5.41 Å². The molecule has 1 aliphatic carbocycles. The first-order valence-electron chi connectivity index (χ1n) is 20.7. The van der Waals surface area contributed by atoms with Gasteiger partial charge in [-0.2, -0.15) is 0 Å². The SMILES string of the molecule is c1ccc(C2(c3ccccc3)c3ccccc3-c3ccc(-c4nc(-c5ccc6ccccc6c5)nc(-c5cccc6ccc(-c7ccc8cccnc8c7)cc56)n4)cc32)cc1. The van der Waals surface area contributed by atoms with E-state index in [2.05, 4.69) is 211 Å². The summed E-state index contributed by atoms with van der Waals surface area (Å²) in [4.78, 5) is 20.6. The van der Waals surface area contributed by atoms with Crippen LogP contribution in [0.2, 0.25) is 0 Å². The molecule has 0 fully saturated rings. The summed E-state index contributed by atoms with van der Waals surface area (Å²) in [6.07, 6.45) is 1.85. The minimum atomic E-state index is -0.550. The van der Waals surface area contributed by atoms with Gasteiger partial charge in [-0.1, -0.05) is 182 Å². The average molecular weight is 777 g/mol. The first-order chi connectivity index (χ1) is 30.2. The van der Waals surface area contributed by atoms with Gasteiger partial charge in [0.2, 0.25) is 0 Å². The number of aromatic nitrogens is 4. The van der Waals surface area contributed by atoms with Crippen molar-refractivity contribution in [2.45, 2.75) is 5.41 Å². The molecule has 0 spiro atoms. The molecule has 284 valence electrons. The van der Waals surface area contributed by atoms with Gasteiger partial charge in [0.1, 0.15) is 0 Å². The molecule has 11 aromatic rings. The summed E-state index contributed by atoms with van der Waals surface area (Å²) in [6, 6.07) is 75.8. The van der Waals surface area contributed by atoms with E-state index in [-0.39, 0.29) is 0 Å². The highest BCUT2D eigenvalue weighted by Gasteiger charge is 2.46. The average Bonchev–Trinajstić information content (AvgIpc) is 3.64. The van der Waals surface area contributed by atoms with E-state index in [1.54, 1.807) is 0 Å². The third-order valence-corrected chi connectivity index (χ3v) is 12.4. The van der Waals surface area contributed by atoms with E-state index >= 15 is 0 Å². The molecule has 0 N–H and O–H groups in total. The molecule has 2 aromatic heterocycles. The molecule has 2 heterocycles. The highest BCUT2D eigenvalue weighted by Crippen LogP contribution is 2.56. The largest absolute Gasteiger partial charge is 0.256 e. The van der Waals surface area contributed by atoms with Gasteiger partial charge in [0.05, 0.1) is 10.9 Å². The van der Waals surface area contributed by atoms with E-state index in [1.807, 2.05) is 12.3 Å². The zero-order valence-electron chi connectivity index (χ0n) is 33.1. The Labute approximate surface area is 353 Å². The maximum absolute atomic E-state index is 5.39. The van der Waals surface area contributed by atoms with E-state index in [0.29, 0.717) is 17.5 Å². The summed E-state index contributed by atoms with van der Waals surface area (Å²) in [7, 11) is 0. The van der Waals surface area contributed by atoms with Crippen molar-refractivity contribution in [1.82, 2.24) is 19.9 Å². The molecule has 0 amide bonds. The predicted molar refractivity (Wildman–Crippen MR) is 249 cm³/mol. The van der Waals surface area contributed by atoms with Gasteiger partial charge in [0, 0.05) is 28.3 Å². The molecule has 0 bridgehead atoms. The zero-order chi connectivity index (χ0) is 40.3. The molecule has 4 heteroatoms. The summed E-state index contributed by atoms with van der Waals surface area (Å²) in [5, 5.41) is 5.60. The Morgan fingerprint density at radius 1 is 0.311 bits per heavy atom. The highest BCUT2D eigenvalue weighted by molar-refractivity contribution is 5.99. The molecule has 0 unspecified atom stereocenters. The second-order valence-corrected chi connectivity index (χ2v) is 15.8. The third-order valence-electron chi connectivity index (χ3n) is 12.4. The molecule has 0 saturated heterocycles. The van der Waals surface area contributed by atoms with Crippen LogP contribution in [0.3, 0.4) is 0 Å². The van der Waals surface area contributed by atoms with Crippen molar-refractivity contribution >= 4 is 32.4 Å². The van der Waals surface area contributed by atoms with Gasteiger partial charge >= 0.3 is 0 Å². The summed E-state index contributed by atoms with van der Waals surface area (Å²) in [6.45, 7) is 0. The van der Waals surface area contributed by atoms with Gasteiger partial charge in [-0.15, -0.1) is 0 Å². The van der Waals surface area contributed by atoms with Crippen molar-refractivity contribution in [2.75, 3.05) is 0 Å². The lowest BCUT2D eigenvalue weighted by Crippen LogP contribution is -2.28. The normalized spacial score (nSPS) is 12.7.